The van der Waals surface area contributed by atoms with E-state index in [0.29, 0.717) is 22.9 Å². The Hall–Kier alpha value is -2.53. The molecule has 5 nitrogen and oxygen atoms in total. The van der Waals surface area contributed by atoms with Crippen molar-refractivity contribution in [2.45, 2.75) is 6.61 Å². The lowest BCUT2D eigenvalue weighted by Gasteiger charge is -2.09. The lowest BCUT2D eigenvalue weighted by molar-refractivity contribution is 0.0998. The third-order valence-corrected chi connectivity index (χ3v) is 2.91. The van der Waals surface area contributed by atoms with Crippen LogP contribution in [-0.2, 0) is 6.61 Å². The number of ether oxygens (including phenoxy) is 1. The van der Waals surface area contributed by atoms with Crippen LogP contribution in [0.3, 0.4) is 0 Å². The van der Waals surface area contributed by atoms with Crippen molar-refractivity contribution in [2.75, 3.05) is 0 Å². The first-order valence-electron chi connectivity index (χ1n) is 6.16. The second kappa shape index (κ2) is 6.76. The Morgan fingerprint density at radius 1 is 1.10 bits per heavy atom. The Balaban J connectivity index is 2.15. The zero-order valence-corrected chi connectivity index (χ0v) is 11.9. The van der Waals surface area contributed by atoms with Crippen LogP contribution in [0.1, 0.15) is 15.9 Å². The average molecular weight is 304 g/mol. The zero-order chi connectivity index (χ0) is 15.2. The van der Waals surface area contributed by atoms with Crippen molar-refractivity contribution in [3.8, 4) is 5.75 Å². The summed E-state index contributed by atoms with van der Waals surface area (Å²) < 4.78 is 5.65. The van der Waals surface area contributed by atoms with Gasteiger partial charge < -0.3 is 16.2 Å². The lowest BCUT2D eigenvalue weighted by Crippen LogP contribution is -2.24. The fourth-order valence-electron chi connectivity index (χ4n) is 1.69. The van der Waals surface area contributed by atoms with E-state index in [9.17, 15) is 4.79 Å². The molecule has 0 saturated carbocycles. The first kappa shape index (κ1) is 14.9. The number of nitrogens with two attached hydrogens (primary N) is 2. The standard InChI is InChI=1S/C15H14ClN3O2/c16-11-7-5-10(6-8-11)9-21-13-4-2-1-3-12(13)14(20)19-15(17)18/h1-8H,9H2,(H4,17,18,19,20). The van der Waals surface area contributed by atoms with Crippen molar-refractivity contribution in [1.82, 2.24) is 0 Å². The maximum atomic E-state index is 11.9. The van der Waals surface area contributed by atoms with E-state index >= 15 is 0 Å². The summed E-state index contributed by atoms with van der Waals surface area (Å²) in [4.78, 5) is 15.4. The molecule has 0 fully saturated rings. The molecule has 1 amide bonds. The van der Waals surface area contributed by atoms with Gasteiger partial charge in [0.05, 0.1) is 5.56 Å². The number of benzene rings is 2. The van der Waals surface area contributed by atoms with E-state index in [-0.39, 0.29) is 5.96 Å². The number of rotatable bonds is 4. The molecule has 0 aromatic heterocycles. The quantitative estimate of drug-likeness (QED) is 0.670. The molecule has 0 saturated heterocycles. The summed E-state index contributed by atoms with van der Waals surface area (Å²) in [6.45, 7) is 0.309. The predicted molar refractivity (Wildman–Crippen MR) is 82.4 cm³/mol. The number of hydrogen-bond donors (Lipinski definition) is 2. The van der Waals surface area contributed by atoms with Crippen molar-refractivity contribution >= 4 is 23.5 Å². The summed E-state index contributed by atoms with van der Waals surface area (Å²) in [5, 5.41) is 0.655. The summed E-state index contributed by atoms with van der Waals surface area (Å²) in [5.74, 6) is -0.406. The molecule has 0 aliphatic carbocycles. The van der Waals surface area contributed by atoms with Gasteiger partial charge in [-0.3, -0.25) is 4.79 Å². The van der Waals surface area contributed by atoms with Gasteiger partial charge in [0, 0.05) is 5.02 Å². The van der Waals surface area contributed by atoms with Gasteiger partial charge in [-0.05, 0) is 29.8 Å². The summed E-state index contributed by atoms with van der Waals surface area (Å²) in [6, 6.07) is 14.0. The molecule has 2 rings (SSSR count). The van der Waals surface area contributed by atoms with E-state index in [1.165, 1.54) is 0 Å². The SMILES string of the molecule is NC(N)=NC(=O)c1ccccc1OCc1ccc(Cl)cc1. The van der Waals surface area contributed by atoms with E-state index in [4.69, 9.17) is 27.8 Å². The summed E-state index contributed by atoms with van der Waals surface area (Å²) in [6.07, 6.45) is 0. The molecule has 0 heterocycles. The lowest BCUT2D eigenvalue weighted by atomic mass is 10.2. The molecular formula is C15H14ClN3O2. The molecule has 2 aromatic carbocycles. The number of amides is 1. The van der Waals surface area contributed by atoms with Crippen LogP contribution in [0.5, 0.6) is 5.75 Å². The third-order valence-electron chi connectivity index (χ3n) is 2.66. The van der Waals surface area contributed by atoms with Gasteiger partial charge in [-0.25, -0.2) is 0 Å². The van der Waals surface area contributed by atoms with Gasteiger partial charge in [0.1, 0.15) is 12.4 Å². The van der Waals surface area contributed by atoms with Gasteiger partial charge >= 0.3 is 0 Å². The molecule has 0 radical (unpaired) electrons. The number of nitrogens with zero attached hydrogens (tertiary/aromatic N) is 1. The fraction of sp³-hybridized carbons (Fsp3) is 0.0667. The van der Waals surface area contributed by atoms with Crippen LogP contribution in [0.2, 0.25) is 5.02 Å². The highest BCUT2D eigenvalue weighted by Crippen LogP contribution is 2.20. The van der Waals surface area contributed by atoms with Gasteiger partial charge in [0.2, 0.25) is 0 Å². The monoisotopic (exact) mass is 303 g/mol. The maximum absolute atomic E-state index is 11.9. The minimum absolute atomic E-state index is 0.285. The molecule has 4 N–H and O–H groups in total. The number of halogens is 1. The second-order valence-corrected chi connectivity index (χ2v) is 4.69. The number of carbonyl (C=O) groups excluding carboxylic acids is 1. The number of para-hydroxylation sites is 1. The molecule has 0 spiro atoms. The van der Waals surface area contributed by atoms with E-state index in [0.717, 1.165) is 5.56 Å². The van der Waals surface area contributed by atoms with E-state index in [2.05, 4.69) is 4.99 Å². The van der Waals surface area contributed by atoms with Crippen LogP contribution >= 0.6 is 11.6 Å². The summed E-state index contributed by atoms with van der Waals surface area (Å²) in [5.41, 5.74) is 11.7. The van der Waals surface area contributed by atoms with Crippen LogP contribution in [0.4, 0.5) is 0 Å². The van der Waals surface area contributed by atoms with Crippen molar-refractivity contribution in [3.05, 3.63) is 64.7 Å². The minimum atomic E-state index is -0.540. The molecular weight excluding hydrogens is 290 g/mol. The first-order chi connectivity index (χ1) is 10.1. The average Bonchev–Trinajstić information content (AvgIpc) is 2.46. The van der Waals surface area contributed by atoms with Gasteiger partial charge in [-0.2, -0.15) is 4.99 Å². The Morgan fingerprint density at radius 3 is 2.43 bits per heavy atom. The van der Waals surface area contributed by atoms with Gasteiger partial charge in [-0.15, -0.1) is 0 Å². The van der Waals surface area contributed by atoms with Crippen LogP contribution in [0, 0.1) is 0 Å². The Bertz CT molecular complexity index is 665. The molecule has 0 aliphatic heterocycles. The molecule has 0 unspecified atom stereocenters. The Labute approximate surface area is 127 Å². The molecule has 6 heteroatoms. The number of aliphatic imine (C=N–C) groups is 1. The van der Waals surface area contributed by atoms with Crippen LogP contribution in [0.15, 0.2) is 53.5 Å². The van der Waals surface area contributed by atoms with Crippen LogP contribution in [-0.4, -0.2) is 11.9 Å². The van der Waals surface area contributed by atoms with Gasteiger partial charge in [-0.1, -0.05) is 35.9 Å². The highest BCUT2D eigenvalue weighted by molar-refractivity contribution is 6.30. The molecule has 21 heavy (non-hydrogen) atoms. The molecule has 108 valence electrons. The topological polar surface area (TPSA) is 90.7 Å². The van der Waals surface area contributed by atoms with Crippen molar-refractivity contribution < 1.29 is 9.53 Å². The van der Waals surface area contributed by atoms with Gasteiger partial charge in [0.25, 0.3) is 5.91 Å². The van der Waals surface area contributed by atoms with E-state index in [1.807, 2.05) is 12.1 Å². The first-order valence-corrected chi connectivity index (χ1v) is 6.54. The largest absolute Gasteiger partial charge is 0.488 e. The highest BCUT2D eigenvalue weighted by Gasteiger charge is 2.11. The molecule has 2 aromatic rings. The molecule has 0 atom stereocenters. The number of hydrogen-bond acceptors (Lipinski definition) is 2. The van der Waals surface area contributed by atoms with E-state index < -0.39 is 5.91 Å². The van der Waals surface area contributed by atoms with Crippen molar-refractivity contribution in [1.29, 1.82) is 0 Å². The smallest absolute Gasteiger partial charge is 0.283 e. The zero-order valence-electron chi connectivity index (χ0n) is 11.1. The Morgan fingerprint density at radius 2 is 1.76 bits per heavy atom. The predicted octanol–water partition coefficient (Wildman–Crippen LogP) is 2.33. The molecule has 0 bridgehead atoms. The fourth-order valence-corrected chi connectivity index (χ4v) is 1.81. The van der Waals surface area contributed by atoms with Crippen LogP contribution < -0.4 is 16.2 Å². The number of guanidine groups is 1. The highest BCUT2D eigenvalue weighted by atomic mass is 35.5. The van der Waals surface area contributed by atoms with Gasteiger partial charge in [0.15, 0.2) is 5.96 Å². The normalized spacial score (nSPS) is 9.95. The number of carbonyl (C=O) groups is 1. The maximum Gasteiger partial charge on any atom is 0.283 e. The van der Waals surface area contributed by atoms with Crippen molar-refractivity contribution in [3.63, 3.8) is 0 Å². The minimum Gasteiger partial charge on any atom is -0.488 e. The molecule has 0 aliphatic rings. The van der Waals surface area contributed by atoms with Crippen molar-refractivity contribution in [2.24, 2.45) is 16.5 Å². The third kappa shape index (κ3) is 4.22. The summed E-state index contributed by atoms with van der Waals surface area (Å²) >= 11 is 5.82. The van der Waals surface area contributed by atoms with E-state index in [1.54, 1.807) is 36.4 Å². The summed E-state index contributed by atoms with van der Waals surface area (Å²) in [7, 11) is 0. The second-order valence-electron chi connectivity index (χ2n) is 4.25. The Kier molecular flexibility index (Phi) is 4.79. The van der Waals surface area contributed by atoms with Crippen LogP contribution in [0.25, 0.3) is 0 Å².